The van der Waals surface area contributed by atoms with Crippen molar-refractivity contribution >= 4 is 5.91 Å². The molecule has 7 heavy (non-hydrogen) atoms. The molecule has 0 rings (SSSR count). The van der Waals surface area contributed by atoms with Gasteiger partial charge in [-0.15, -0.1) is 0 Å². The fourth-order valence-corrected chi connectivity index (χ4v) is 0. The smallest absolute Gasteiger partial charge is 0.394 e. The Hall–Kier alpha value is -0.0626. The normalized spacial score (nSPS) is 6.57. The Kier molecular flexibility index (Phi) is 5.88. The van der Waals surface area contributed by atoms with Crippen molar-refractivity contribution in [3.05, 3.63) is 5.92 Å². The Morgan fingerprint density at radius 2 is 1.71 bits per heavy atom. The summed E-state index contributed by atoms with van der Waals surface area (Å²) in [5.74, 6) is 0.324. The second-order valence-electron chi connectivity index (χ2n) is 1.36. The topological polar surface area (TPSA) is 43.1 Å². The molecule has 2 N–H and O–H groups in total. The van der Waals surface area contributed by atoms with Gasteiger partial charge in [-0.3, -0.25) is 5.92 Å². The zero-order chi connectivity index (χ0) is 5.15. The fraction of sp³-hybridized carbons (Fsp3) is 0.500. The molecule has 0 radical (unpaired) electrons. The van der Waals surface area contributed by atoms with Gasteiger partial charge in [0.15, 0.2) is 0 Å². The van der Waals surface area contributed by atoms with Crippen molar-refractivity contribution < 1.29 is 23.7 Å². The summed E-state index contributed by atoms with van der Waals surface area (Å²) in [6.07, 6.45) is 0. The monoisotopic (exact) mass is 93.1 g/mol. The van der Waals surface area contributed by atoms with Gasteiger partial charge in [0.25, 0.3) is 0 Å². The van der Waals surface area contributed by atoms with Gasteiger partial charge in [-0.1, -0.05) is 0 Å². The van der Waals surface area contributed by atoms with Crippen LogP contribution < -0.4 is 24.6 Å². The first-order valence-electron chi connectivity index (χ1n) is 1.74. The maximum atomic E-state index is 9.88. The molecule has 0 bridgehead atoms. The number of nitrogens with two attached hydrogens (primary N) is 1. The molecule has 0 saturated carbocycles. The Morgan fingerprint density at radius 3 is 1.71 bits per heavy atom. The van der Waals surface area contributed by atoms with Gasteiger partial charge in [0.05, 0.1) is 5.91 Å². The zero-order valence-corrected chi connectivity index (χ0v) is 4.99. The summed E-state index contributed by atoms with van der Waals surface area (Å²) in [5.41, 5.74) is 4.76. The minimum Gasteiger partial charge on any atom is -0.394 e. The summed E-state index contributed by atoms with van der Waals surface area (Å²) in [6.45, 7) is 3.37. The number of rotatable bonds is 1. The molecule has 0 aromatic rings. The first kappa shape index (κ1) is 10.0. The number of hydrogen-bond acceptors (Lipinski definition) is 1. The van der Waals surface area contributed by atoms with Crippen LogP contribution in [0.5, 0.6) is 0 Å². The fourth-order valence-electron chi connectivity index (χ4n) is 0. The standard InChI is InChI=1S/C4H8NO.Li/c1-3(2)4(5)6;/h1-2H3,(H2,5,6);/q-1;+1. The molecule has 0 aliphatic carbocycles. The Balaban J connectivity index is 0. The number of primary amides is 1. The Morgan fingerprint density at radius 1 is 1.57 bits per heavy atom. The van der Waals surface area contributed by atoms with Crippen LogP contribution in [0.3, 0.4) is 0 Å². The quantitative estimate of drug-likeness (QED) is 0.274. The molecule has 2 nitrogen and oxygen atoms in total. The summed E-state index contributed by atoms with van der Waals surface area (Å²) < 4.78 is 0. The van der Waals surface area contributed by atoms with Crippen LogP contribution in [0.2, 0.25) is 0 Å². The molecule has 0 aromatic carbocycles. The van der Waals surface area contributed by atoms with Crippen LogP contribution in [0.4, 0.5) is 0 Å². The summed E-state index contributed by atoms with van der Waals surface area (Å²) in [6, 6.07) is 0. The number of hydrogen-bond donors (Lipinski definition) is 1. The largest absolute Gasteiger partial charge is 1.00 e. The van der Waals surface area contributed by atoms with Gasteiger partial charge in [0, 0.05) is 0 Å². The van der Waals surface area contributed by atoms with Gasteiger partial charge in [0.1, 0.15) is 0 Å². The van der Waals surface area contributed by atoms with Crippen molar-refractivity contribution in [2.24, 2.45) is 5.73 Å². The molecule has 0 heterocycles. The maximum Gasteiger partial charge on any atom is 1.00 e. The van der Waals surface area contributed by atoms with Gasteiger partial charge in [-0.25, -0.2) is 0 Å². The van der Waals surface area contributed by atoms with Crippen molar-refractivity contribution in [2.45, 2.75) is 13.8 Å². The molecular weight excluding hydrogens is 85.0 g/mol. The Bertz CT molecular complexity index is 62.7. The van der Waals surface area contributed by atoms with E-state index < -0.39 is 0 Å². The molecular formula is C4H8LiNO. The van der Waals surface area contributed by atoms with E-state index in [2.05, 4.69) is 0 Å². The molecule has 0 aromatic heterocycles. The molecule has 0 unspecified atom stereocenters. The van der Waals surface area contributed by atoms with E-state index >= 15 is 0 Å². The number of carbonyl (C=O) groups excluding carboxylic acids is 1. The van der Waals surface area contributed by atoms with Crippen LogP contribution in [0, 0.1) is 5.92 Å². The summed E-state index contributed by atoms with van der Waals surface area (Å²) >= 11 is 0. The molecule has 0 saturated heterocycles. The van der Waals surface area contributed by atoms with E-state index in [1.807, 2.05) is 0 Å². The summed E-state index contributed by atoms with van der Waals surface area (Å²) in [5, 5.41) is 0. The van der Waals surface area contributed by atoms with Crippen LogP contribution >= 0.6 is 0 Å². The molecule has 0 atom stereocenters. The molecule has 0 fully saturated rings. The van der Waals surface area contributed by atoms with Crippen molar-refractivity contribution in [3.63, 3.8) is 0 Å². The summed E-state index contributed by atoms with van der Waals surface area (Å²) in [7, 11) is 0. The van der Waals surface area contributed by atoms with Gasteiger partial charge in [0.2, 0.25) is 0 Å². The predicted molar refractivity (Wildman–Crippen MR) is 23.8 cm³/mol. The van der Waals surface area contributed by atoms with Crippen LogP contribution in [0.1, 0.15) is 13.8 Å². The molecule has 0 spiro atoms. The van der Waals surface area contributed by atoms with Crippen LogP contribution in [-0.2, 0) is 4.79 Å². The number of carbonyl (C=O) groups is 1. The first-order chi connectivity index (χ1) is 2.64. The van der Waals surface area contributed by atoms with E-state index in [1.54, 1.807) is 13.8 Å². The van der Waals surface area contributed by atoms with Crippen LogP contribution in [0.15, 0.2) is 0 Å². The third kappa shape index (κ3) is 5.94. The average molecular weight is 93.1 g/mol. The van der Waals surface area contributed by atoms with Crippen LogP contribution in [-0.4, -0.2) is 5.91 Å². The Labute approximate surface area is 55.6 Å². The van der Waals surface area contributed by atoms with Crippen molar-refractivity contribution in [3.8, 4) is 0 Å². The summed E-state index contributed by atoms with van der Waals surface area (Å²) in [4.78, 5) is 9.88. The molecule has 1 amide bonds. The maximum absolute atomic E-state index is 9.88. The first-order valence-corrected chi connectivity index (χ1v) is 1.74. The van der Waals surface area contributed by atoms with E-state index in [-0.39, 0.29) is 24.8 Å². The average Bonchev–Trinajstić information content (AvgIpc) is 1.36. The SMILES string of the molecule is C[C-](C)C(N)=O.[Li+]. The second kappa shape index (κ2) is 4.11. The molecule has 36 valence electrons. The minimum absolute atomic E-state index is 0. The van der Waals surface area contributed by atoms with Gasteiger partial charge in [-0.05, 0) is 0 Å². The van der Waals surface area contributed by atoms with E-state index in [1.165, 1.54) is 0 Å². The van der Waals surface area contributed by atoms with Gasteiger partial charge >= 0.3 is 18.9 Å². The molecule has 0 aliphatic heterocycles. The van der Waals surface area contributed by atoms with E-state index in [0.29, 0.717) is 5.92 Å². The van der Waals surface area contributed by atoms with Gasteiger partial charge in [-0.2, -0.15) is 13.8 Å². The van der Waals surface area contributed by atoms with Crippen molar-refractivity contribution in [1.29, 1.82) is 0 Å². The van der Waals surface area contributed by atoms with E-state index in [9.17, 15) is 4.79 Å². The van der Waals surface area contributed by atoms with Crippen molar-refractivity contribution in [1.82, 2.24) is 0 Å². The molecule has 3 heteroatoms. The third-order valence-electron chi connectivity index (χ3n) is 0.493. The third-order valence-corrected chi connectivity index (χ3v) is 0.493. The van der Waals surface area contributed by atoms with Gasteiger partial charge < -0.3 is 10.5 Å². The predicted octanol–water partition coefficient (Wildman–Crippen LogP) is -2.91. The van der Waals surface area contributed by atoms with E-state index in [0.717, 1.165) is 0 Å². The zero-order valence-electron chi connectivity index (χ0n) is 4.99. The van der Waals surface area contributed by atoms with Crippen molar-refractivity contribution in [2.75, 3.05) is 0 Å². The van der Waals surface area contributed by atoms with Crippen LogP contribution in [0.25, 0.3) is 0 Å². The molecule has 0 aliphatic rings. The van der Waals surface area contributed by atoms with E-state index in [4.69, 9.17) is 5.73 Å². The second-order valence-corrected chi connectivity index (χ2v) is 1.36. The number of amides is 1. The minimum atomic E-state index is -0.324.